The highest BCUT2D eigenvalue weighted by Gasteiger charge is 2.10. The largest absolute Gasteiger partial charge is 0.492 e. The maximum atomic E-state index is 11.9. The van der Waals surface area contributed by atoms with Gasteiger partial charge in [0.1, 0.15) is 5.75 Å². The highest BCUT2D eigenvalue weighted by molar-refractivity contribution is 5.93. The fourth-order valence-corrected chi connectivity index (χ4v) is 1.69. The Balaban J connectivity index is 0.00000324. The lowest BCUT2D eigenvalue weighted by molar-refractivity contribution is -0.117. The predicted molar refractivity (Wildman–Crippen MR) is 81.3 cm³/mol. The first kappa shape index (κ1) is 17.7. The summed E-state index contributed by atoms with van der Waals surface area (Å²) in [4.78, 5) is 14.0. The van der Waals surface area contributed by atoms with E-state index in [-0.39, 0.29) is 18.3 Å². The van der Waals surface area contributed by atoms with Crippen molar-refractivity contribution in [1.82, 2.24) is 4.90 Å². The van der Waals surface area contributed by atoms with Gasteiger partial charge in [0.25, 0.3) is 0 Å². The summed E-state index contributed by atoms with van der Waals surface area (Å²) in [5.74, 6) is 0.707. The molecule has 5 heteroatoms. The third-order valence-electron chi connectivity index (χ3n) is 2.72. The summed E-state index contributed by atoms with van der Waals surface area (Å²) < 4.78 is 5.47. The minimum Gasteiger partial charge on any atom is -0.492 e. The van der Waals surface area contributed by atoms with Crippen LogP contribution in [0.1, 0.15) is 20.8 Å². The van der Waals surface area contributed by atoms with Gasteiger partial charge in [0, 0.05) is 0 Å². The number of ether oxygens (including phenoxy) is 1. The summed E-state index contributed by atoms with van der Waals surface area (Å²) in [6.45, 7) is 8.76. The second kappa shape index (κ2) is 9.64. The van der Waals surface area contributed by atoms with Crippen molar-refractivity contribution in [1.29, 1.82) is 0 Å². The van der Waals surface area contributed by atoms with Crippen LogP contribution in [0, 0.1) is 0 Å². The number of nitrogens with one attached hydrogen (secondary N) is 1. The van der Waals surface area contributed by atoms with Crippen molar-refractivity contribution in [3.8, 4) is 5.75 Å². The van der Waals surface area contributed by atoms with E-state index in [1.54, 1.807) is 0 Å². The van der Waals surface area contributed by atoms with Crippen LogP contribution in [-0.2, 0) is 4.79 Å². The Morgan fingerprint density at radius 3 is 2.42 bits per heavy atom. The number of amides is 1. The quantitative estimate of drug-likeness (QED) is 0.838. The first-order chi connectivity index (χ1) is 8.71. The number of likely N-dealkylation sites (N-methyl/N-ethyl adjacent to an activating group) is 1. The van der Waals surface area contributed by atoms with E-state index in [0.29, 0.717) is 18.9 Å². The summed E-state index contributed by atoms with van der Waals surface area (Å²) >= 11 is 0. The first-order valence-corrected chi connectivity index (χ1v) is 6.45. The maximum absolute atomic E-state index is 11.9. The first-order valence-electron chi connectivity index (χ1n) is 6.45. The summed E-state index contributed by atoms with van der Waals surface area (Å²) in [6, 6.07) is 7.49. The molecule has 1 N–H and O–H groups in total. The van der Waals surface area contributed by atoms with Crippen LogP contribution in [0.5, 0.6) is 5.75 Å². The van der Waals surface area contributed by atoms with Crippen molar-refractivity contribution in [3.63, 3.8) is 0 Å². The van der Waals surface area contributed by atoms with Gasteiger partial charge in [-0.2, -0.15) is 0 Å². The molecule has 0 unspecified atom stereocenters. The second-order valence-electron chi connectivity index (χ2n) is 3.94. The number of benzene rings is 1. The van der Waals surface area contributed by atoms with Gasteiger partial charge in [-0.25, -0.2) is 0 Å². The van der Waals surface area contributed by atoms with E-state index in [0.717, 1.165) is 18.8 Å². The van der Waals surface area contributed by atoms with Crippen LogP contribution in [0.25, 0.3) is 0 Å². The molecule has 0 heterocycles. The number of nitrogens with zero attached hydrogens (tertiary/aromatic N) is 1. The van der Waals surface area contributed by atoms with Crippen molar-refractivity contribution >= 4 is 24.0 Å². The lowest BCUT2D eigenvalue weighted by Crippen LogP contribution is -2.33. The fourth-order valence-electron chi connectivity index (χ4n) is 1.69. The van der Waals surface area contributed by atoms with E-state index in [1.165, 1.54) is 0 Å². The molecule has 0 spiro atoms. The van der Waals surface area contributed by atoms with E-state index < -0.39 is 0 Å². The lowest BCUT2D eigenvalue weighted by Gasteiger charge is -2.18. The Labute approximate surface area is 121 Å². The van der Waals surface area contributed by atoms with Crippen LogP contribution in [0.3, 0.4) is 0 Å². The number of hydrogen-bond acceptors (Lipinski definition) is 3. The zero-order chi connectivity index (χ0) is 13.4. The van der Waals surface area contributed by atoms with E-state index in [9.17, 15) is 4.79 Å². The Morgan fingerprint density at radius 1 is 1.21 bits per heavy atom. The number of anilines is 1. The third kappa shape index (κ3) is 5.94. The Morgan fingerprint density at radius 2 is 1.84 bits per heavy atom. The zero-order valence-corrected chi connectivity index (χ0v) is 12.6. The average molecular weight is 287 g/mol. The van der Waals surface area contributed by atoms with Gasteiger partial charge in [0.05, 0.1) is 18.8 Å². The molecule has 108 valence electrons. The predicted octanol–water partition coefficient (Wildman–Crippen LogP) is 2.79. The molecule has 1 amide bonds. The number of carbonyl (C=O) groups excluding carboxylic acids is 1. The van der Waals surface area contributed by atoms with Crippen molar-refractivity contribution in [2.45, 2.75) is 20.8 Å². The molecule has 0 saturated heterocycles. The van der Waals surface area contributed by atoms with Crippen LogP contribution in [-0.4, -0.2) is 37.0 Å². The number of carbonyl (C=O) groups is 1. The molecule has 0 saturated carbocycles. The lowest BCUT2D eigenvalue weighted by atomic mass is 10.3. The standard InChI is InChI=1S/C14H22N2O2.ClH/c1-4-16(5-2)11-14(17)15-12-9-7-8-10-13(12)18-6-3;/h7-10H,4-6,11H2,1-3H3,(H,15,17);1H. The Hall–Kier alpha value is -1.26. The summed E-state index contributed by atoms with van der Waals surface area (Å²) in [5, 5.41) is 2.89. The molecule has 0 radical (unpaired) electrons. The van der Waals surface area contributed by atoms with E-state index >= 15 is 0 Å². The molecular weight excluding hydrogens is 264 g/mol. The SMILES string of the molecule is CCOc1ccccc1NC(=O)CN(CC)CC.Cl. The molecular formula is C14H23ClN2O2. The maximum Gasteiger partial charge on any atom is 0.238 e. The smallest absolute Gasteiger partial charge is 0.238 e. The van der Waals surface area contributed by atoms with E-state index in [4.69, 9.17) is 4.74 Å². The van der Waals surface area contributed by atoms with Gasteiger partial charge >= 0.3 is 0 Å². The van der Waals surface area contributed by atoms with Crippen LogP contribution in [0.2, 0.25) is 0 Å². The zero-order valence-electron chi connectivity index (χ0n) is 11.8. The van der Waals surface area contributed by atoms with Crippen LogP contribution < -0.4 is 10.1 Å². The molecule has 19 heavy (non-hydrogen) atoms. The molecule has 4 nitrogen and oxygen atoms in total. The monoisotopic (exact) mass is 286 g/mol. The highest BCUT2D eigenvalue weighted by atomic mass is 35.5. The minimum absolute atomic E-state index is 0. The molecule has 0 aliphatic heterocycles. The summed E-state index contributed by atoms with van der Waals surface area (Å²) in [5.41, 5.74) is 0.733. The molecule has 1 rings (SSSR count). The Kier molecular flexibility index (Phi) is 9.00. The van der Waals surface area contributed by atoms with Crippen molar-refractivity contribution < 1.29 is 9.53 Å². The number of para-hydroxylation sites is 2. The molecule has 0 aliphatic carbocycles. The van der Waals surface area contributed by atoms with Crippen molar-refractivity contribution in [2.75, 3.05) is 31.6 Å². The molecule has 1 aromatic rings. The molecule has 0 atom stereocenters. The van der Waals surface area contributed by atoms with Gasteiger partial charge in [-0.15, -0.1) is 12.4 Å². The molecule has 1 aromatic carbocycles. The average Bonchev–Trinajstić information content (AvgIpc) is 2.38. The topological polar surface area (TPSA) is 41.6 Å². The van der Waals surface area contributed by atoms with Gasteiger partial charge < -0.3 is 10.1 Å². The van der Waals surface area contributed by atoms with Gasteiger partial charge in [0.2, 0.25) is 5.91 Å². The van der Waals surface area contributed by atoms with Crippen molar-refractivity contribution in [3.05, 3.63) is 24.3 Å². The number of halogens is 1. The fraction of sp³-hybridized carbons (Fsp3) is 0.500. The summed E-state index contributed by atoms with van der Waals surface area (Å²) in [6.07, 6.45) is 0. The van der Waals surface area contributed by atoms with Crippen molar-refractivity contribution in [2.24, 2.45) is 0 Å². The molecule has 0 fully saturated rings. The van der Waals surface area contributed by atoms with E-state index in [1.807, 2.05) is 45.0 Å². The minimum atomic E-state index is -0.00847. The molecule has 0 aromatic heterocycles. The highest BCUT2D eigenvalue weighted by Crippen LogP contribution is 2.23. The van der Waals surface area contributed by atoms with Crippen LogP contribution in [0.15, 0.2) is 24.3 Å². The summed E-state index contributed by atoms with van der Waals surface area (Å²) in [7, 11) is 0. The number of rotatable bonds is 7. The van der Waals surface area contributed by atoms with Crippen LogP contribution >= 0.6 is 12.4 Å². The van der Waals surface area contributed by atoms with Crippen LogP contribution in [0.4, 0.5) is 5.69 Å². The third-order valence-corrected chi connectivity index (χ3v) is 2.72. The van der Waals surface area contributed by atoms with Gasteiger partial charge in [0.15, 0.2) is 0 Å². The second-order valence-corrected chi connectivity index (χ2v) is 3.94. The van der Waals surface area contributed by atoms with Gasteiger partial charge in [-0.3, -0.25) is 9.69 Å². The van der Waals surface area contributed by atoms with Gasteiger partial charge in [-0.05, 0) is 32.1 Å². The van der Waals surface area contributed by atoms with E-state index in [2.05, 4.69) is 10.2 Å². The number of hydrogen-bond donors (Lipinski definition) is 1. The van der Waals surface area contributed by atoms with Gasteiger partial charge in [-0.1, -0.05) is 26.0 Å². The molecule has 0 bridgehead atoms. The normalized spacial score (nSPS) is 9.89. The molecule has 0 aliphatic rings. The Bertz CT molecular complexity index is 381.